The van der Waals surface area contributed by atoms with Crippen molar-refractivity contribution < 1.29 is 19.1 Å². The molecular formula is C20H17NO4. The number of carbonyl (C=O) groups is 2. The Labute approximate surface area is 144 Å². The summed E-state index contributed by atoms with van der Waals surface area (Å²) in [6, 6.07) is 13.9. The Balaban J connectivity index is 1.61. The first-order chi connectivity index (χ1) is 12.1. The molecule has 0 aliphatic carbocycles. The first kappa shape index (κ1) is 14.7. The van der Waals surface area contributed by atoms with Crippen LogP contribution in [0.15, 0.2) is 54.6 Å². The number of methoxy groups -OCH3 is 1. The molecule has 0 radical (unpaired) electrons. The first-order valence-electron chi connectivity index (χ1n) is 8.39. The molecule has 2 aromatic carbocycles. The lowest BCUT2D eigenvalue weighted by molar-refractivity contribution is -0.149. The van der Waals surface area contributed by atoms with Gasteiger partial charge in [0.15, 0.2) is 0 Å². The van der Waals surface area contributed by atoms with Gasteiger partial charge in [-0.1, -0.05) is 48.6 Å². The van der Waals surface area contributed by atoms with E-state index in [2.05, 4.69) is 0 Å². The van der Waals surface area contributed by atoms with Crippen molar-refractivity contribution in [3.63, 3.8) is 0 Å². The average Bonchev–Trinajstić information content (AvgIpc) is 3.29. The quantitative estimate of drug-likeness (QED) is 0.624. The normalized spacial score (nSPS) is 32.4. The number of benzene rings is 2. The topological polar surface area (TPSA) is 55.8 Å². The summed E-state index contributed by atoms with van der Waals surface area (Å²) < 4.78 is 11.0. The number of anilines is 1. The third-order valence-electron chi connectivity index (χ3n) is 5.63. The highest BCUT2D eigenvalue weighted by Gasteiger charge is 2.67. The highest BCUT2D eigenvalue weighted by Crippen LogP contribution is 2.53. The molecule has 5 rings (SSSR count). The van der Waals surface area contributed by atoms with E-state index in [-0.39, 0.29) is 18.0 Å². The molecule has 0 aromatic heterocycles. The SMILES string of the molecule is COC(=O)[C@@H]1[C@@H]2C=C[C@@]3(CN(c4cccc5ccccc45)C(=O)[C@H]13)O2. The number of amides is 1. The lowest BCUT2D eigenvalue weighted by atomic mass is 9.77. The van der Waals surface area contributed by atoms with Gasteiger partial charge < -0.3 is 14.4 Å². The van der Waals surface area contributed by atoms with Gasteiger partial charge in [-0.25, -0.2) is 0 Å². The van der Waals surface area contributed by atoms with Crippen LogP contribution in [-0.2, 0) is 19.1 Å². The Morgan fingerprint density at radius 2 is 2.04 bits per heavy atom. The molecule has 3 aliphatic rings. The van der Waals surface area contributed by atoms with Gasteiger partial charge in [0.25, 0.3) is 0 Å². The minimum absolute atomic E-state index is 0.0707. The van der Waals surface area contributed by atoms with Crippen molar-refractivity contribution in [1.82, 2.24) is 0 Å². The third kappa shape index (κ3) is 1.81. The fourth-order valence-corrected chi connectivity index (χ4v) is 4.55. The zero-order valence-electron chi connectivity index (χ0n) is 13.7. The van der Waals surface area contributed by atoms with Crippen LogP contribution in [0.25, 0.3) is 10.8 Å². The van der Waals surface area contributed by atoms with Gasteiger partial charge >= 0.3 is 5.97 Å². The monoisotopic (exact) mass is 335 g/mol. The Morgan fingerprint density at radius 3 is 2.88 bits per heavy atom. The molecule has 0 N–H and O–H groups in total. The van der Waals surface area contributed by atoms with E-state index in [9.17, 15) is 9.59 Å². The minimum Gasteiger partial charge on any atom is -0.469 e. The van der Waals surface area contributed by atoms with E-state index in [1.807, 2.05) is 54.6 Å². The van der Waals surface area contributed by atoms with Gasteiger partial charge in [0, 0.05) is 5.39 Å². The number of rotatable bonds is 2. The fraction of sp³-hybridized carbons (Fsp3) is 0.300. The summed E-state index contributed by atoms with van der Waals surface area (Å²) >= 11 is 0. The van der Waals surface area contributed by atoms with Gasteiger partial charge in [-0.3, -0.25) is 9.59 Å². The van der Waals surface area contributed by atoms with E-state index >= 15 is 0 Å². The van der Waals surface area contributed by atoms with Gasteiger partial charge in [0.2, 0.25) is 5.91 Å². The Morgan fingerprint density at radius 1 is 1.24 bits per heavy atom. The van der Waals surface area contributed by atoms with E-state index in [4.69, 9.17) is 9.47 Å². The molecule has 25 heavy (non-hydrogen) atoms. The predicted octanol–water partition coefficient (Wildman–Crippen LogP) is 2.30. The van der Waals surface area contributed by atoms with Crippen LogP contribution in [0.2, 0.25) is 0 Å². The van der Waals surface area contributed by atoms with Crippen molar-refractivity contribution in [1.29, 1.82) is 0 Å². The zero-order valence-corrected chi connectivity index (χ0v) is 13.7. The number of hydrogen-bond acceptors (Lipinski definition) is 4. The molecule has 1 amide bonds. The summed E-state index contributed by atoms with van der Waals surface area (Å²) in [7, 11) is 1.35. The molecule has 0 unspecified atom stereocenters. The van der Waals surface area contributed by atoms with Crippen LogP contribution in [-0.4, -0.2) is 37.2 Å². The van der Waals surface area contributed by atoms with E-state index in [1.165, 1.54) is 7.11 Å². The Bertz CT molecular complexity index is 931. The lowest BCUT2D eigenvalue weighted by Gasteiger charge is -2.22. The zero-order chi connectivity index (χ0) is 17.2. The molecule has 5 nitrogen and oxygen atoms in total. The molecule has 0 saturated carbocycles. The van der Waals surface area contributed by atoms with E-state index in [0.29, 0.717) is 6.54 Å². The molecule has 2 bridgehead atoms. The molecule has 2 fully saturated rings. The van der Waals surface area contributed by atoms with Crippen molar-refractivity contribution >= 4 is 28.3 Å². The number of carbonyl (C=O) groups excluding carboxylic acids is 2. The molecule has 2 saturated heterocycles. The van der Waals surface area contributed by atoms with Crippen LogP contribution in [0.1, 0.15) is 0 Å². The largest absolute Gasteiger partial charge is 0.469 e. The third-order valence-corrected chi connectivity index (χ3v) is 5.63. The van der Waals surface area contributed by atoms with Gasteiger partial charge in [0.05, 0.1) is 31.4 Å². The predicted molar refractivity (Wildman–Crippen MR) is 92.0 cm³/mol. The highest BCUT2D eigenvalue weighted by molar-refractivity contribution is 6.08. The van der Waals surface area contributed by atoms with Crippen molar-refractivity contribution in [3.8, 4) is 0 Å². The summed E-state index contributed by atoms with van der Waals surface area (Å²) in [6.45, 7) is 0.422. The summed E-state index contributed by atoms with van der Waals surface area (Å²) in [5.41, 5.74) is 0.133. The molecule has 4 atom stereocenters. The maximum absolute atomic E-state index is 13.3. The summed E-state index contributed by atoms with van der Waals surface area (Å²) in [6.07, 6.45) is 3.47. The van der Waals surface area contributed by atoms with E-state index < -0.39 is 17.4 Å². The van der Waals surface area contributed by atoms with E-state index in [0.717, 1.165) is 16.5 Å². The summed E-state index contributed by atoms with van der Waals surface area (Å²) in [5, 5.41) is 2.09. The highest BCUT2D eigenvalue weighted by atomic mass is 16.5. The average molecular weight is 335 g/mol. The number of hydrogen-bond donors (Lipinski definition) is 0. The number of fused-ring (bicyclic) bond motifs is 2. The summed E-state index contributed by atoms with van der Waals surface area (Å²) in [5.74, 6) is -1.54. The van der Waals surface area contributed by atoms with Gasteiger partial charge in [-0.05, 0) is 11.5 Å². The second kappa shape index (κ2) is 4.92. The maximum atomic E-state index is 13.3. The van der Waals surface area contributed by atoms with Crippen LogP contribution < -0.4 is 4.90 Å². The van der Waals surface area contributed by atoms with E-state index in [1.54, 1.807) is 4.90 Å². The van der Waals surface area contributed by atoms with Crippen LogP contribution in [0.4, 0.5) is 5.69 Å². The van der Waals surface area contributed by atoms with Crippen molar-refractivity contribution in [2.45, 2.75) is 11.7 Å². The molecule has 126 valence electrons. The molecule has 3 heterocycles. The Kier molecular flexibility index (Phi) is 2.89. The number of ether oxygens (including phenoxy) is 2. The van der Waals surface area contributed by atoms with Crippen LogP contribution in [0.5, 0.6) is 0 Å². The van der Waals surface area contributed by atoms with Crippen molar-refractivity contribution in [2.75, 3.05) is 18.6 Å². The summed E-state index contributed by atoms with van der Waals surface area (Å²) in [4.78, 5) is 27.2. The molecule has 2 aromatic rings. The Hall–Kier alpha value is -2.66. The lowest BCUT2D eigenvalue weighted by Crippen LogP contribution is -2.39. The maximum Gasteiger partial charge on any atom is 0.312 e. The standard InChI is InChI=1S/C20H17NO4/c1-24-19(23)16-15-9-10-20(25-15)11-21(18(22)17(16)20)14-8-4-6-12-5-2-3-7-13(12)14/h2-10,15-17H,11H2,1H3/t15-,16+,17-,20-/m0/s1. The number of nitrogens with zero attached hydrogens (tertiary/aromatic N) is 1. The molecule has 5 heteroatoms. The van der Waals surface area contributed by atoms with Crippen LogP contribution in [0, 0.1) is 11.8 Å². The smallest absolute Gasteiger partial charge is 0.312 e. The van der Waals surface area contributed by atoms with Gasteiger partial charge in [0.1, 0.15) is 11.5 Å². The first-order valence-corrected chi connectivity index (χ1v) is 8.39. The molecular weight excluding hydrogens is 318 g/mol. The van der Waals surface area contributed by atoms with Crippen molar-refractivity contribution in [3.05, 3.63) is 54.6 Å². The van der Waals surface area contributed by atoms with Crippen LogP contribution >= 0.6 is 0 Å². The molecule has 1 spiro atoms. The number of esters is 1. The second-order valence-corrected chi connectivity index (χ2v) is 6.85. The minimum atomic E-state index is -0.725. The van der Waals surface area contributed by atoms with Crippen molar-refractivity contribution in [2.24, 2.45) is 11.8 Å². The van der Waals surface area contributed by atoms with Gasteiger partial charge in [-0.2, -0.15) is 0 Å². The second-order valence-electron chi connectivity index (χ2n) is 6.85. The fourth-order valence-electron chi connectivity index (χ4n) is 4.55. The van der Waals surface area contributed by atoms with Gasteiger partial charge in [-0.15, -0.1) is 0 Å². The van der Waals surface area contributed by atoms with Crippen LogP contribution in [0.3, 0.4) is 0 Å². The molecule has 3 aliphatic heterocycles.